The molecule has 1 heteroatoms. The topological polar surface area (TPSA) is 12.4 Å². The minimum Gasteiger partial charge on any atom is -0.288 e. The number of allylic oxidation sites excluding steroid dienone is 2. The Morgan fingerprint density at radius 3 is 1.83 bits per heavy atom. The zero-order valence-corrected chi connectivity index (χ0v) is 10.8. The van der Waals surface area contributed by atoms with Crippen LogP contribution in [-0.4, -0.2) is 12.8 Å². The van der Waals surface area contributed by atoms with Crippen LogP contribution in [0.2, 0.25) is 0 Å². The number of nitrogens with zero attached hydrogens (tertiary/aromatic N) is 1. The van der Waals surface area contributed by atoms with Crippen LogP contribution in [0, 0.1) is 0 Å². The van der Waals surface area contributed by atoms with Crippen LogP contribution >= 0.6 is 0 Å². The average Bonchev–Trinajstić information content (AvgIpc) is 2.46. The summed E-state index contributed by atoms with van der Waals surface area (Å²) in [4.78, 5) is 4.36. The summed E-state index contributed by atoms with van der Waals surface area (Å²) >= 11 is 0. The minimum atomic E-state index is 1.01. The number of hydrogen-bond donors (Lipinski definition) is 0. The lowest BCUT2D eigenvalue weighted by molar-refractivity contribution is 1.43. The molecule has 18 heavy (non-hydrogen) atoms. The van der Waals surface area contributed by atoms with Crippen molar-refractivity contribution in [2.45, 2.75) is 6.92 Å². The summed E-state index contributed by atoms with van der Waals surface area (Å²) in [6, 6.07) is 20.6. The molecule has 0 radical (unpaired) electrons. The summed E-state index contributed by atoms with van der Waals surface area (Å²) < 4.78 is 0. The second-order valence-electron chi connectivity index (χ2n) is 4.17. The highest BCUT2D eigenvalue weighted by atomic mass is 14.7. The lowest BCUT2D eigenvalue weighted by Gasteiger charge is -2.04. The van der Waals surface area contributed by atoms with Crippen molar-refractivity contribution < 1.29 is 0 Å². The first-order chi connectivity index (χ1) is 8.81. The van der Waals surface area contributed by atoms with E-state index < -0.39 is 0 Å². The molecule has 0 spiro atoms. The van der Waals surface area contributed by atoms with Crippen molar-refractivity contribution in [2.24, 2.45) is 4.99 Å². The van der Waals surface area contributed by atoms with Gasteiger partial charge in [0.05, 0.1) is 5.71 Å². The minimum absolute atomic E-state index is 1.01. The van der Waals surface area contributed by atoms with Gasteiger partial charge < -0.3 is 0 Å². The summed E-state index contributed by atoms with van der Waals surface area (Å²) in [6.45, 7) is 2.11. The highest BCUT2D eigenvalue weighted by molar-refractivity contribution is 6.12. The fourth-order valence-corrected chi connectivity index (χ4v) is 1.88. The fraction of sp³-hybridized carbons (Fsp3) is 0.118. The van der Waals surface area contributed by atoms with Crippen molar-refractivity contribution in [3.05, 3.63) is 77.9 Å². The lowest BCUT2D eigenvalue weighted by atomic mass is 10.0. The molecule has 1 nitrogen and oxygen atoms in total. The van der Waals surface area contributed by atoms with Gasteiger partial charge in [0.25, 0.3) is 0 Å². The molecular weight excluding hydrogens is 218 g/mol. The van der Waals surface area contributed by atoms with Gasteiger partial charge in [-0.3, -0.25) is 4.99 Å². The van der Waals surface area contributed by atoms with Gasteiger partial charge in [-0.2, -0.15) is 0 Å². The van der Waals surface area contributed by atoms with Crippen LogP contribution in [0.3, 0.4) is 0 Å². The Bertz CT molecular complexity index is 551. The van der Waals surface area contributed by atoms with Gasteiger partial charge in [0.1, 0.15) is 0 Å². The Morgan fingerprint density at radius 1 is 0.833 bits per heavy atom. The van der Waals surface area contributed by atoms with Crippen molar-refractivity contribution in [3.63, 3.8) is 0 Å². The van der Waals surface area contributed by atoms with E-state index in [4.69, 9.17) is 0 Å². The van der Waals surface area contributed by atoms with Gasteiger partial charge in [0, 0.05) is 7.05 Å². The molecule has 0 aliphatic heterocycles. The quantitative estimate of drug-likeness (QED) is 0.707. The summed E-state index contributed by atoms with van der Waals surface area (Å²) in [6.07, 6.45) is 2.13. The number of hydrogen-bond acceptors (Lipinski definition) is 1. The van der Waals surface area contributed by atoms with Crippen molar-refractivity contribution in [2.75, 3.05) is 7.05 Å². The van der Waals surface area contributed by atoms with E-state index in [1.54, 1.807) is 0 Å². The Balaban J connectivity index is 2.32. The van der Waals surface area contributed by atoms with Gasteiger partial charge in [0.2, 0.25) is 0 Å². The fourth-order valence-electron chi connectivity index (χ4n) is 1.88. The molecule has 2 aromatic rings. The van der Waals surface area contributed by atoms with E-state index in [0.717, 1.165) is 11.3 Å². The Hall–Kier alpha value is -2.15. The second-order valence-corrected chi connectivity index (χ2v) is 4.17. The van der Waals surface area contributed by atoms with Crippen molar-refractivity contribution in [1.29, 1.82) is 0 Å². The van der Waals surface area contributed by atoms with Gasteiger partial charge in [-0.15, -0.1) is 0 Å². The van der Waals surface area contributed by atoms with Crippen LogP contribution in [0.5, 0.6) is 0 Å². The third-order valence-electron chi connectivity index (χ3n) is 2.89. The van der Waals surface area contributed by atoms with E-state index in [-0.39, 0.29) is 0 Å². The van der Waals surface area contributed by atoms with Crippen LogP contribution in [0.15, 0.2) is 71.7 Å². The first-order valence-electron chi connectivity index (χ1n) is 6.07. The molecule has 0 saturated carbocycles. The number of aliphatic imine (C=N–C) groups is 1. The molecule has 2 rings (SSSR count). The summed E-state index contributed by atoms with van der Waals surface area (Å²) in [5, 5.41) is 0. The van der Waals surface area contributed by atoms with Gasteiger partial charge in [-0.25, -0.2) is 0 Å². The third kappa shape index (κ3) is 2.95. The van der Waals surface area contributed by atoms with Gasteiger partial charge in [-0.05, 0) is 29.7 Å². The van der Waals surface area contributed by atoms with E-state index >= 15 is 0 Å². The van der Waals surface area contributed by atoms with Crippen molar-refractivity contribution in [1.82, 2.24) is 0 Å². The van der Waals surface area contributed by atoms with E-state index in [1.807, 2.05) is 31.3 Å². The predicted molar refractivity (Wildman–Crippen MR) is 79.0 cm³/mol. The van der Waals surface area contributed by atoms with Crippen LogP contribution in [0.1, 0.15) is 18.1 Å². The molecule has 0 bridgehead atoms. The monoisotopic (exact) mass is 235 g/mol. The molecule has 0 aliphatic rings. The molecule has 0 aliphatic carbocycles. The maximum atomic E-state index is 4.36. The van der Waals surface area contributed by atoms with Crippen LogP contribution in [-0.2, 0) is 0 Å². The summed E-state index contributed by atoms with van der Waals surface area (Å²) in [5.74, 6) is 0. The molecule has 0 atom stereocenters. The zero-order chi connectivity index (χ0) is 12.8. The maximum Gasteiger partial charge on any atom is 0.0646 e. The largest absolute Gasteiger partial charge is 0.288 e. The van der Waals surface area contributed by atoms with E-state index in [2.05, 4.69) is 54.4 Å². The first-order valence-corrected chi connectivity index (χ1v) is 6.07. The van der Waals surface area contributed by atoms with Gasteiger partial charge >= 0.3 is 0 Å². The SMILES string of the molecule is C/N=C(\C=C(/C)c1ccccc1)c1ccccc1. The average molecular weight is 235 g/mol. The van der Waals surface area contributed by atoms with Crippen LogP contribution < -0.4 is 0 Å². The predicted octanol–water partition coefficient (Wildman–Crippen LogP) is 4.21. The van der Waals surface area contributed by atoms with Crippen molar-refractivity contribution >= 4 is 11.3 Å². The first kappa shape index (κ1) is 12.3. The normalized spacial score (nSPS) is 12.6. The van der Waals surface area contributed by atoms with Crippen molar-refractivity contribution in [3.8, 4) is 0 Å². The smallest absolute Gasteiger partial charge is 0.0646 e. The molecular formula is C17H17N. The van der Waals surface area contributed by atoms with Gasteiger partial charge in [0.15, 0.2) is 0 Å². The Labute approximate surface area is 109 Å². The molecule has 0 unspecified atom stereocenters. The lowest BCUT2D eigenvalue weighted by Crippen LogP contribution is -1.97. The Kier molecular flexibility index (Phi) is 4.08. The molecule has 90 valence electrons. The summed E-state index contributed by atoms with van der Waals surface area (Å²) in [7, 11) is 1.83. The highest BCUT2D eigenvalue weighted by Crippen LogP contribution is 2.14. The van der Waals surface area contributed by atoms with Crippen LogP contribution in [0.4, 0.5) is 0 Å². The molecule has 0 N–H and O–H groups in total. The van der Waals surface area contributed by atoms with Gasteiger partial charge in [-0.1, -0.05) is 60.7 Å². The standard InChI is InChI=1S/C17H17N/c1-14(15-9-5-3-6-10-15)13-17(18-2)16-11-7-4-8-12-16/h3-13H,1-2H3/b14-13+,18-17+. The van der Waals surface area contributed by atoms with E-state index in [0.29, 0.717) is 0 Å². The maximum absolute atomic E-state index is 4.36. The number of benzene rings is 2. The molecule has 0 saturated heterocycles. The van der Waals surface area contributed by atoms with E-state index in [1.165, 1.54) is 11.1 Å². The molecule has 0 fully saturated rings. The molecule has 2 aromatic carbocycles. The van der Waals surface area contributed by atoms with Crippen LogP contribution in [0.25, 0.3) is 5.57 Å². The molecule has 0 heterocycles. The highest BCUT2D eigenvalue weighted by Gasteiger charge is 2.00. The number of rotatable bonds is 3. The summed E-state index contributed by atoms with van der Waals surface area (Å²) in [5.41, 5.74) is 4.61. The Morgan fingerprint density at radius 2 is 1.33 bits per heavy atom. The van der Waals surface area contributed by atoms with E-state index in [9.17, 15) is 0 Å². The molecule has 0 aromatic heterocycles. The third-order valence-corrected chi connectivity index (χ3v) is 2.89. The second kappa shape index (κ2) is 5.97. The molecule has 0 amide bonds. The zero-order valence-electron chi connectivity index (χ0n) is 10.8.